The molecule has 3 nitrogen and oxygen atoms in total. The van der Waals surface area contributed by atoms with E-state index in [0.29, 0.717) is 5.56 Å². The summed E-state index contributed by atoms with van der Waals surface area (Å²) in [6.07, 6.45) is 0. The van der Waals surface area contributed by atoms with Crippen LogP contribution in [-0.4, -0.2) is 30.0 Å². The molecule has 0 unspecified atom stereocenters. The maximum absolute atomic E-state index is 13.4. The highest BCUT2D eigenvalue weighted by Gasteiger charge is 2.10. The number of rotatable bonds is 5. The smallest absolute Gasteiger partial charge is 0.168 e. The van der Waals surface area contributed by atoms with Gasteiger partial charge in [-0.25, -0.2) is 4.39 Å². The summed E-state index contributed by atoms with van der Waals surface area (Å²) in [7, 11) is 0. The van der Waals surface area contributed by atoms with Gasteiger partial charge < -0.3 is 14.9 Å². The minimum atomic E-state index is -0.452. The van der Waals surface area contributed by atoms with E-state index in [4.69, 9.17) is 14.9 Å². The van der Waals surface area contributed by atoms with Gasteiger partial charge in [-0.15, -0.1) is 0 Å². The minimum Gasteiger partial charge on any atom is -0.490 e. The van der Waals surface area contributed by atoms with Gasteiger partial charge in [-0.2, -0.15) is 0 Å². The lowest BCUT2D eigenvalue weighted by molar-refractivity contribution is 0.104. The average molecular weight is 213 g/mol. The van der Waals surface area contributed by atoms with Gasteiger partial charge in [-0.05, 0) is 24.6 Å². The van der Waals surface area contributed by atoms with E-state index in [1.54, 1.807) is 13.0 Å². The number of aryl methyl sites for hydroxylation is 1. The van der Waals surface area contributed by atoms with Crippen LogP contribution in [0.1, 0.15) is 5.56 Å². The largest absolute Gasteiger partial charge is 0.490 e. The molecule has 0 aliphatic heterocycles. The number of aliphatic hydroxyl groups is 2. The molecule has 1 aromatic carbocycles. The van der Waals surface area contributed by atoms with Crippen LogP contribution in [0.4, 0.5) is 4.39 Å². The SMILES string of the molecule is Cc1[c]ccc(OCC(CO)CO)c1F. The molecule has 1 rings (SSSR count). The van der Waals surface area contributed by atoms with Gasteiger partial charge in [0, 0.05) is 5.92 Å². The molecule has 0 atom stereocenters. The van der Waals surface area contributed by atoms with Crippen LogP contribution in [-0.2, 0) is 0 Å². The Bertz CT molecular complexity index is 311. The van der Waals surface area contributed by atoms with Crippen molar-refractivity contribution in [2.24, 2.45) is 5.92 Å². The first kappa shape index (κ1) is 11.9. The van der Waals surface area contributed by atoms with Crippen LogP contribution in [0.5, 0.6) is 5.75 Å². The van der Waals surface area contributed by atoms with Gasteiger partial charge in [0.1, 0.15) is 0 Å². The molecule has 15 heavy (non-hydrogen) atoms. The van der Waals surface area contributed by atoms with Crippen molar-refractivity contribution in [3.63, 3.8) is 0 Å². The van der Waals surface area contributed by atoms with Crippen molar-refractivity contribution in [2.75, 3.05) is 19.8 Å². The summed E-state index contributed by atoms with van der Waals surface area (Å²) in [5.41, 5.74) is 0.386. The summed E-state index contributed by atoms with van der Waals surface area (Å²) in [6.45, 7) is 1.32. The zero-order chi connectivity index (χ0) is 11.3. The fraction of sp³-hybridized carbons (Fsp3) is 0.455. The topological polar surface area (TPSA) is 49.7 Å². The maximum Gasteiger partial charge on any atom is 0.168 e. The van der Waals surface area contributed by atoms with E-state index in [9.17, 15) is 4.39 Å². The highest BCUT2D eigenvalue weighted by molar-refractivity contribution is 5.29. The Balaban J connectivity index is 2.61. The Morgan fingerprint density at radius 1 is 1.47 bits per heavy atom. The molecular weight excluding hydrogens is 199 g/mol. The second kappa shape index (κ2) is 5.68. The fourth-order valence-corrected chi connectivity index (χ4v) is 1.05. The molecular formula is C11H14FO3. The third-order valence-electron chi connectivity index (χ3n) is 2.07. The lowest BCUT2D eigenvalue weighted by atomic mass is 10.2. The quantitative estimate of drug-likeness (QED) is 0.764. The van der Waals surface area contributed by atoms with Crippen molar-refractivity contribution in [1.29, 1.82) is 0 Å². The summed E-state index contributed by atoms with van der Waals surface area (Å²) < 4.78 is 18.5. The second-order valence-corrected chi connectivity index (χ2v) is 3.32. The number of hydrogen-bond acceptors (Lipinski definition) is 3. The van der Waals surface area contributed by atoms with Gasteiger partial charge in [0.05, 0.1) is 19.8 Å². The third kappa shape index (κ3) is 3.18. The molecule has 2 N–H and O–H groups in total. The Morgan fingerprint density at radius 3 is 2.73 bits per heavy atom. The van der Waals surface area contributed by atoms with Crippen molar-refractivity contribution in [1.82, 2.24) is 0 Å². The highest BCUT2D eigenvalue weighted by atomic mass is 19.1. The molecule has 0 bridgehead atoms. The monoisotopic (exact) mass is 213 g/mol. The number of benzene rings is 1. The normalized spacial score (nSPS) is 10.7. The fourth-order valence-electron chi connectivity index (χ4n) is 1.05. The van der Waals surface area contributed by atoms with Gasteiger partial charge in [0.2, 0.25) is 0 Å². The summed E-state index contributed by atoms with van der Waals surface area (Å²) >= 11 is 0. The molecule has 0 heterocycles. The Kier molecular flexibility index (Phi) is 4.52. The average Bonchev–Trinajstić information content (AvgIpc) is 2.25. The maximum atomic E-state index is 13.4. The Hall–Kier alpha value is -1.13. The predicted molar refractivity (Wildman–Crippen MR) is 53.1 cm³/mol. The lowest BCUT2D eigenvalue weighted by Gasteiger charge is -2.13. The van der Waals surface area contributed by atoms with Gasteiger partial charge in [-0.3, -0.25) is 0 Å². The van der Waals surface area contributed by atoms with Crippen LogP contribution in [0.15, 0.2) is 12.1 Å². The minimum absolute atomic E-state index is 0.0906. The molecule has 4 heteroatoms. The van der Waals surface area contributed by atoms with Crippen molar-refractivity contribution in [2.45, 2.75) is 6.92 Å². The van der Waals surface area contributed by atoms with E-state index in [0.717, 1.165) is 0 Å². The number of ether oxygens (including phenoxy) is 1. The van der Waals surface area contributed by atoms with E-state index < -0.39 is 5.82 Å². The van der Waals surface area contributed by atoms with E-state index >= 15 is 0 Å². The van der Waals surface area contributed by atoms with Crippen LogP contribution < -0.4 is 4.74 Å². The van der Waals surface area contributed by atoms with Crippen molar-refractivity contribution < 1.29 is 19.3 Å². The second-order valence-electron chi connectivity index (χ2n) is 3.32. The van der Waals surface area contributed by atoms with Crippen LogP contribution in [0.3, 0.4) is 0 Å². The summed E-state index contributed by atoms with van der Waals surface area (Å²) in [6, 6.07) is 5.74. The Labute approximate surface area is 88.1 Å². The van der Waals surface area contributed by atoms with Crippen LogP contribution in [0.25, 0.3) is 0 Å². The molecule has 0 spiro atoms. The molecule has 0 saturated heterocycles. The third-order valence-corrected chi connectivity index (χ3v) is 2.07. The molecule has 0 aliphatic carbocycles. The van der Waals surface area contributed by atoms with Crippen molar-refractivity contribution in [3.05, 3.63) is 29.6 Å². The standard InChI is InChI=1S/C11H14FO3/c1-8-3-2-4-10(11(8)12)15-7-9(5-13)6-14/h2,4,9,13-14H,5-7H2,1H3. The first-order valence-corrected chi connectivity index (χ1v) is 4.70. The van der Waals surface area contributed by atoms with Crippen LogP contribution in [0.2, 0.25) is 0 Å². The van der Waals surface area contributed by atoms with E-state index in [2.05, 4.69) is 6.07 Å². The summed E-state index contributed by atoms with van der Waals surface area (Å²) in [4.78, 5) is 0. The summed E-state index contributed by atoms with van der Waals surface area (Å²) in [5, 5.41) is 17.6. The molecule has 0 saturated carbocycles. The van der Waals surface area contributed by atoms with Gasteiger partial charge >= 0.3 is 0 Å². The van der Waals surface area contributed by atoms with E-state index in [-0.39, 0.29) is 31.5 Å². The first-order chi connectivity index (χ1) is 7.19. The van der Waals surface area contributed by atoms with Crippen molar-refractivity contribution >= 4 is 0 Å². The lowest BCUT2D eigenvalue weighted by Crippen LogP contribution is -2.20. The summed E-state index contributed by atoms with van der Waals surface area (Å²) in [5.74, 6) is -0.709. The van der Waals surface area contributed by atoms with Gasteiger partial charge in [0.25, 0.3) is 0 Å². The predicted octanol–water partition coefficient (Wildman–Crippen LogP) is 0.914. The number of aliphatic hydroxyl groups excluding tert-OH is 2. The molecule has 0 aromatic heterocycles. The number of halogens is 1. The zero-order valence-electron chi connectivity index (χ0n) is 8.53. The molecule has 83 valence electrons. The number of hydrogen-bond donors (Lipinski definition) is 2. The molecule has 1 aromatic rings. The highest BCUT2D eigenvalue weighted by Crippen LogP contribution is 2.19. The Morgan fingerprint density at radius 2 is 2.13 bits per heavy atom. The van der Waals surface area contributed by atoms with Gasteiger partial charge in [0.15, 0.2) is 11.6 Å². The van der Waals surface area contributed by atoms with E-state index in [1.165, 1.54) is 6.07 Å². The van der Waals surface area contributed by atoms with E-state index in [1.807, 2.05) is 0 Å². The zero-order valence-corrected chi connectivity index (χ0v) is 8.53. The van der Waals surface area contributed by atoms with Gasteiger partial charge in [-0.1, -0.05) is 6.07 Å². The first-order valence-electron chi connectivity index (χ1n) is 4.70. The molecule has 1 radical (unpaired) electrons. The molecule has 0 amide bonds. The van der Waals surface area contributed by atoms with Crippen LogP contribution in [0, 0.1) is 24.7 Å². The molecule has 0 fully saturated rings. The molecule has 0 aliphatic rings. The van der Waals surface area contributed by atoms with Crippen molar-refractivity contribution in [3.8, 4) is 5.75 Å². The van der Waals surface area contributed by atoms with Crippen LogP contribution >= 0.6 is 0 Å².